The van der Waals surface area contributed by atoms with E-state index < -0.39 is 0 Å². The third-order valence-electron chi connectivity index (χ3n) is 1.58. The fourth-order valence-electron chi connectivity index (χ4n) is 0.857. The van der Waals surface area contributed by atoms with Crippen LogP contribution in [0.5, 0.6) is 5.75 Å². The number of phenols is 1. The Balaban J connectivity index is 0.000000561. The van der Waals surface area contributed by atoms with Crippen LogP contribution in [0, 0.1) is 13.8 Å². The molecular weight excluding hydrogens is 150 g/mol. The van der Waals surface area contributed by atoms with E-state index in [0.717, 1.165) is 11.1 Å². The van der Waals surface area contributed by atoms with Gasteiger partial charge >= 0.3 is 0 Å². The predicted octanol–water partition coefficient (Wildman–Crippen LogP) is 2.62. The van der Waals surface area contributed by atoms with E-state index >= 15 is 0 Å². The molecule has 0 radical (unpaired) electrons. The van der Waals surface area contributed by atoms with Crippen molar-refractivity contribution < 1.29 is 5.11 Å². The first-order valence-corrected chi connectivity index (χ1v) is 4.17. The van der Waals surface area contributed by atoms with Crippen molar-refractivity contribution in [2.24, 2.45) is 0 Å². The van der Waals surface area contributed by atoms with Crippen molar-refractivity contribution in [2.75, 3.05) is 5.73 Å². The third-order valence-corrected chi connectivity index (χ3v) is 1.58. The lowest BCUT2D eigenvalue weighted by Gasteiger charge is -2.02. The van der Waals surface area contributed by atoms with Crippen molar-refractivity contribution in [2.45, 2.75) is 27.7 Å². The topological polar surface area (TPSA) is 46.2 Å². The maximum absolute atomic E-state index is 9.14. The molecule has 0 atom stereocenters. The number of rotatable bonds is 0. The Morgan fingerprint density at radius 3 is 2.00 bits per heavy atom. The first kappa shape index (κ1) is 10.8. The smallest absolute Gasteiger partial charge is 0.120 e. The van der Waals surface area contributed by atoms with Crippen LogP contribution in [0.2, 0.25) is 0 Å². The van der Waals surface area contributed by atoms with Gasteiger partial charge in [-0.3, -0.25) is 0 Å². The number of nitrogen functional groups attached to an aromatic ring is 1. The summed E-state index contributed by atoms with van der Waals surface area (Å²) in [4.78, 5) is 0. The summed E-state index contributed by atoms with van der Waals surface area (Å²) in [5, 5.41) is 9.14. The zero-order valence-corrected chi connectivity index (χ0v) is 8.18. The monoisotopic (exact) mass is 167 g/mol. The quantitative estimate of drug-likeness (QED) is 0.583. The summed E-state index contributed by atoms with van der Waals surface area (Å²) in [6, 6.07) is 3.44. The molecule has 2 nitrogen and oxygen atoms in total. The number of hydrogen-bond donors (Lipinski definition) is 2. The van der Waals surface area contributed by atoms with Crippen molar-refractivity contribution in [3.05, 3.63) is 23.3 Å². The van der Waals surface area contributed by atoms with Gasteiger partial charge in [0, 0.05) is 11.8 Å². The second-order valence-electron chi connectivity index (χ2n) is 2.50. The molecule has 0 heterocycles. The zero-order chi connectivity index (χ0) is 9.72. The van der Waals surface area contributed by atoms with Gasteiger partial charge in [0.15, 0.2) is 0 Å². The number of anilines is 1. The molecule has 1 aromatic carbocycles. The number of benzene rings is 1. The lowest BCUT2D eigenvalue weighted by Crippen LogP contribution is -1.89. The summed E-state index contributed by atoms with van der Waals surface area (Å²) >= 11 is 0. The molecular formula is C10H17NO. The van der Waals surface area contributed by atoms with Crippen LogP contribution >= 0.6 is 0 Å². The molecule has 0 aromatic heterocycles. The number of nitrogens with two attached hydrogens (primary N) is 1. The molecule has 0 aliphatic rings. The normalized spacial score (nSPS) is 8.67. The molecule has 12 heavy (non-hydrogen) atoms. The van der Waals surface area contributed by atoms with E-state index in [2.05, 4.69) is 0 Å². The Morgan fingerprint density at radius 1 is 1.08 bits per heavy atom. The highest BCUT2D eigenvalue weighted by Crippen LogP contribution is 2.22. The standard InChI is InChI=1S/C8H11NO.C2H6/c1-5-3-6(2)8(10)4-7(5)9;1-2/h3-4,10H,9H2,1-2H3;1-2H3. The van der Waals surface area contributed by atoms with Gasteiger partial charge in [0.1, 0.15) is 5.75 Å². The number of aryl methyl sites for hydroxylation is 2. The summed E-state index contributed by atoms with van der Waals surface area (Å²) in [5.74, 6) is 0.267. The van der Waals surface area contributed by atoms with Crippen LogP contribution in [0.4, 0.5) is 5.69 Å². The van der Waals surface area contributed by atoms with E-state index in [-0.39, 0.29) is 5.75 Å². The zero-order valence-electron chi connectivity index (χ0n) is 8.18. The van der Waals surface area contributed by atoms with Gasteiger partial charge in [0.2, 0.25) is 0 Å². The molecule has 0 bridgehead atoms. The van der Waals surface area contributed by atoms with E-state index in [1.165, 1.54) is 0 Å². The molecule has 1 aromatic rings. The van der Waals surface area contributed by atoms with Crippen LogP contribution in [-0.2, 0) is 0 Å². The first-order chi connectivity index (χ1) is 5.61. The molecule has 3 N–H and O–H groups in total. The lowest BCUT2D eigenvalue weighted by atomic mass is 10.1. The van der Waals surface area contributed by atoms with E-state index in [9.17, 15) is 0 Å². The van der Waals surface area contributed by atoms with Gasteiger partial charge in [-0.2, -0.15) is 0 Å². The SMILES string of the molecule is CC.Cc1cc(C)c(O)cc1N. The van der Waals surface area contributed by atoms with Crippen molar-refractivity contribution in [3.63, 3.8) is 0 Å². The van der Waals surface area contributed by atoms with Crippen molar-refractivity contribution in [3.8, 4) is 5.75 Å². The van der Waals surface area contributed by atoms with Crippen LogP contribution < -0.4 is 5.73 Å². The van der Waals surface area contributed by atoms with Crippen LogP contribution in [0.3, 0.4) is 0 Å². The molecule has 0 saturated carbocycles. The Kier molecular flexibility index (Phi) is 4.19. The van der Waals surface area contributed by atoms with Crippen molar-refractivity contribution in [1.29, 1.82) is 0 Å². The minimum absolute atomic E-state index is 0.267. The first-order valence-electron chi connectivity index (χ1n) is 4.17. The van der Waals surface area contributed by atoms with Gasteiger partial charge in [-0.1, -0.05) is 19.9 Å². The Morgan fingerprint density at radius 2 is 1.58 bits per heavy atom. The van der Waals surface area contributed by atoms with Gasteiger partial charge < -0.3 is 10.8 Å². The summed E-state index contributed by atoms with van der Waals surface area (Å²) < 4.78 is 0. The number of phenolic OH excluding ortho intramolecular Hbond substituents is 1. The summed E-state index contributed by atoms with van der Waals surface area (Å²) in [6.07, 6.45) is 0. The van der Waals surface area contributed by atoms with Crippen LogP contribution in [0.25, 0.3) is 0 Å². The second kappa shape index (κ2) is 4.65. The third kappa shape index (κ3) is 2.46. The molecule has 0 spiro atoms. The highest BCUT2D eigenvalue weighted by atomic mass is 16.3. The average Bonchev–Trinajstić information content (AvgIpc) is 2.05. The Bertz CT molecular complexity index is 206. The molecule has 0 unspecified atom stereocenters. The minimum Gasteiger partial charge on any atom is -0.508 e. The van der Waals surface area contributed by atoms with Crippen LogP contribution in [0.1, 0.15) is 25.0 Å². The number of aromatic hydroxyl groups is 1. The van der Waals surface area contributed by atoms with E-state index in [1.807, 2.05) is 33.8 Å². The summed E-state index contributed by atoms with van der Waals surface area (Å²) in [5.41, 5.74) is 8.05. The fraction of sp³-hybridized carbons (Fsp3) is 0.400. The maximum Gasteiger partial charge on any atom is 0.120 e. The summed E-state index contributed by atoms with van der Waals surface area (Å²) in [6.45, 7) is 7.77. The molecule has 1 rings (SSSR count). The van der Waals surface area contributed by atoms with Gasteiger partial charge in [0.05, 0.1) is 0 Å². The van der Waals surface area contributed by atoms with Gasteiger partial charge in [-0.25, -0.2) is 0 Å². The van der Waals surface area contributed by atoms with Gasteiger partial charge in [0.25, 0.3) is 0 Å². The molecule has 2 heteroatoms. The Hall–Kier alpha value is -1.18. The predicted molar refractivity (Wildman–Crippen MR) is 53.3 cm³/mol. The molecule has 0 aliphatic heterocycles. The fourth-order valence-corrected chi connectivity index (χ4v) is 0.857. The van der Waals surface area contributed by atoms with E-state index in [4.69, 9.17) is 10.8 Å². The maximum atomic E-state index is 9.14. The molecule has 0 aliphatic carbocycles. The average molecular weight is 167 g/mol. The van der Waals surface area contributed by atoms with Crippen LogP contribution in [-0.4, -0.2) is 5.11 Å². The highest BCUT2D eigenvalue weighted by Gasteiger charge is 1.98. The minimum atomic E-state index is 0.267. The number of hydrogen-bond acceptors (Lipinski definition) is 2. The lowest BCUT2D eigenvalue weighted by molar-refractivity contribution is 0.471. The molecule has 68 valence electrons. The van der Waals surface area contributed by atoms with Gasteiger partial charge in [-0.15, -0.1) is 0 Å². The largest absolute Gasteiger partial charge is 0.508 e. The molecule has 0 amide bonds. The van der Waals surface area contributed by atoms with Crippen LogP contribution in [0.15, 0.2) is 12.1 Å². The molecule has 0 saturated heterocycles. The highest BCUT2D eigenvalue weighted by molar-refractivity contribution is 5.53. The van der Waals surface area contributed by atoms with E-state index in [0.29, 0.717) is 5.69 Å². The molecule has 0 fully saturated rings. The van der Waals surface area contributed by atoms with Crippen molar-refractivity contribution >= 4 is 5.69 Å². The summed E-state index contributed by atoms with van der Waals surface area (Å²) in [7, 11) is 0. The van der Waals surface area contributed by atoms with Crippen molar-refractivity contribution in [1.82, 2.24) is 0 Å². The van der Waals surface area contributed by atoms with Gasteiger partial charge in [-0.05, 0) is 25.0 Å². The Labute approximate surface area is 74.0 Å². The second-order valence-corrected chi connectivity index (χ2v) is 2.50. The van der Waals surface area contributed by atoms with E-state index in [1.54, 1.807) is 6.07 Å².